The lowest BCUT2D eigenvalue weighted by atomic mass is 10.2. The Morgan fingerprint density at radius 1 is 1.04 bits per heavy atom. The van der Waals surface area contributed by atoms with Crippen LogP contribution in [0.3, 0.4) is 0 Å². The van der Waals surface area contributed by atoms with E-state index in [2.05, 4.69) is 15.6 Å². The zero-order chi connectivity index (χ0) is 19.2. The molecule has 3 aromatic rings. The summed E-state index contributed by atoms with van der Waals surface area (Å²) in [7, 11) is 3.96. The fraction of sp³-hybridized carbons (Fsp3) is 0.143. The summed E-state index contributed by atoms with van der Waals surface area (Å²) in [5.41, 5.74) is 3.53. The van der Waals surface area contributed by atoms with Crippen molar-refractivity contribution < 1.29 is 9.18 Å². The average Bonchev–Trinajstić information content (AvgIpc) is 2.68. The number of aromatic nitrogens is 1. The Kier molecular flexibility index (Phi) is 5.66. The van der Waals surface area contributed by atoms with Gasteiger partial charge < -0.3 is 15.5 Å². The standard InChI is InChI=1S/C21H21FN4O/c1-26(2)19-9-7-17(8-10-19)25-18-11-16(12-23-14-18)21(27)24-13-15-5-3-4-6-20(15)22/h3-12,14,25H,13H2,1-2H3,(H,24,27). The highest BCUT2D eigenvalue weighted by Gasteiger charge is 2.09. The third kappa shape index (κ3) is 4.82. The van der Waals surface area contributed by atoms with Gasteiger partial charge in [0.05, 0.1) is 17.4 Å². The molecule has 0 unspecified atom stereocenters. The number of nitrogens with zero attached hydrogens (tertiary/aromatic N) is 2. The highest BCUT2D eigenvalue weighted by atomic mass is 19.1. The lowest BCUT2D eigenvalue weighted by Crippen LogP contribution is -2.23. The number of pyridine rings is 1. The second-order valence-electron chi connectivity index (χ2n) is 6.30. The molecule has 0 radical (unpaired) electrons. The Bertz CT molecular complexity index is 925. The number of hydrogen-bond acceptors (Lipinski definition) is 4. The SMILES string of the molecule is CN(C)c1ccc(Nc2cncc(C(=O)NCc3ccccc3F)c2)cc1. The Balaban J connectivity index is 1.65. The minimum atomic E-state index is -0.340. The number of amides is 1. The van der Waals surface area contributed by atoms with Crippen LogP contribution < -0.4 is 15.5 Å². The second-order valence-corrected chi connectivity index (χ2v) is 6.30. The Morgan fingerprint density at radius 2 is 1.78 bits per heavy atom. The molecular weight excluding hydrogens is 343 g/mol. The molecule has 3 rings (SSSR count). The third-order valence-corrected chi connectivity index (χ3v) is 4.07. The third-order valence-electron chi connectivity index (χ3n) is 4.07. The van der Waals surface area contributed by atoms with Gasteiger partial charge in [0, 0.05) is 43.8 Å². The van der Waals surface area contributed by atoms with Crippen molar-refractivity contribution in [1.29, 1.82) is 0 Å². The van der Waals surface area contributed by atoms with Gasteiger partial charge in [-0.25, -0.2) is 4.39 Å². The van der Waals surface area contributed by atoms with Crippen molar-refractivity contribution in [3.63, 3.8) is 0 Å². The fourth-order valence-corrected chi connectivity index (χ4v) is 2.56. The van der Waals surface area contributed by atoms with Crippen LogP contribution in [-0.2, 0) is 6.54 Å². The fourth-order valence-electron chi connectivity index (χ4n) is 2.56. The number of anilines is 3. The monoisotopic (exact) mass is 364 g/mol. The van der Waals surface area contributed by atoms with Crippen LogP contribution in [0, 0.1) is 5.82 Å². The van der Waals surface area contributed by atoms with Crippen LogP contribution >= 0.6 is 0 Å². The average molecular weight is 364 g/mol. The maximum absolute atomic E-state index is 13.7. The van der Waals surface area contributed by atoms with Gasteiger partial charge in [0.1, 0.15) is 5.82 Å². The highest BCUT2D eigenvalue weighted by Crippen LogP contribution is 2.20. The van der Waals surface area contributed by atoms with Crippen LogP contribution in [0.15, 0.2) is 67.0 Å². The van der Waals surface area contributed by atoms with E-state index in [9.17, 15) is 9.18 Å². The van der Waals surface area contributed by atoms with Crippen LogP contribution in [0.4, 0.5) is 21.5 Å². The van der Waals surface area contributed by atoms with Gasteiger partial charge in [-0.1, -0.05) is 18.2 Å². The predicted octanol–water partition coefficient (Wildman–Crippen LogP) is 3.96. The molecule has 0 fully saturated rings. The Morgan fingerprint density at radius 3 is 2.48 bits per heavy atom. The molecular formula is C21H21FN4O. The van der Waals surface area contributed by atoms with Gasteiger partial charge in [0.15, 0.2) is 0 Å². The Hall–Kier alpha value is -3.41. The van der Waals surface area contributed by atoms with Crippen LogP contribution in [0.1, 0.15) is 15.9 Å². The van der Waals surface area contributed by atoms with Crippen molar-refractivity contribution in [3.8, 4) is 0 Å². The van der Waals surface area contributed by atoms with Gasteiger partial charge in [-0.2, -0.15) is 0 Å². The lowest BCUT2D eigenvalue weighted by Gasteiger charge is -2.13. The van der Waals surface area contributed by atoms with Crippen molar-refractivity contribution in [3.05, 3.63) is 83.9 Å². The molecule has 0 saturated heterocycles. The molecule has 138 valence electrons. The first kappa shape index (κ1) is 18.4. The molecule has 0 bridgehead atoms. The van der Waals surface area contributed by atoms with E-state index in [0.29, 0.717) is 16.8 Å². The van der Waals surface area contributed by atoms with E-state index in [-0.39, 0.29) is 18.3 Å². The summed E-state index contributed by atoms with van der Waals surface area (Å²) in [6, 6.07) is 16.0. The summed E-state index contributed by atoms with van der Waals surface area (Å²) in [6.07, 6.45) is 3.13. The van der Waals surface area contributed by atoms with Crippen LogP contribution in [0.5, 0.6) is 0 Å². The minimum Gasteiger partial charge on any atom is -0.378 e. The predicted molar refractivity (Wildman–Crippen MR) is 106 cm³/mol. The maximum Gasteiger partial charge on any atom is 0.253 e. The largest absolute Gasteiger partial charge is 0.378 e. The summed E-state index contributed by atoms with van der Waals surface area (Å²) in [5.74, 6) is -0.648. The number of rotatable bonds is 6. The first-order chi connectivity index (χ1) is 13.0. The normalized spacial score (nSPS) is 10.3. The quantitative estimate of drug-likeness (QED) is 0.695. The molecule has 0 aliphatic heterocycles. The van der Waals surface area contributed by atoms with Gasteiger partial charge in [-0.3, -0.25) is 9.78 Å². The smallest absolute Gasteiger partial charge is 0.253 e. The molecule has 5 nitrogen and oxygen atoms in total. The summed E-state index contributed by atoms with van der Waals surface area (Å²) in [4.78, 5) is 18.5. The number of carbonyl (C=O) groups is 1. The van der Waals surface area contributed by atoms with E-state index >= 15 is 0 Å². The van der Waals surface area contributed by atoms with Crippen LogP contribution in [-0.4, -0.2) is 25.0 Å². The zero-order valence-corrected chi connectivity index (χ0v) is 15.2. The van der Waals surface area contributed by atoms with E-state index < -0.39 is 0 Å². The zero-order valence-electron chi connectivity index (χ0n) is 15.2. The number of hydrogen-bond donors (Lipinski definition) is 2. The molecule has 6 heteroatoms. The van der Waals surface area contributed by atoms with Crippen molar-refractivity contribution in [2.45, 2.75) is 6.54 Å². The van der Waals surface area contributed by atoms with Gasteiger partial charge in [-0.15, -0.1) is 0 Å². The molecule has 0 spiro atoms. The molecule has 0 aliphatic carbocycles. The van der Waals surface area contributed by atoms with E-state index in [1.54, 1.807) is 30.5 Å². The van der Waals surface area contributed by atoms with Crippen LogP contribution in [0.25, 0.3) is 0 Å². The lowest BCUT2D eigenvalue weighted by molar-refractivity contribution is 0.0950. The summed E-state index contributed by atoms with van der Waals surface area (Å²) >= 11 is 0. The van der Waals surface area contributed by atoms with E-state index in [4.69, 9.17) is 0 Å². The number of nitrogens with one attached hydrogen (secondary N) is 2. The summed E-state index contributed by atoms with van der Waals surface area (Å²) in [6.45, 7) is 0.120. The van der Waals surface area contributed by atoms with E-state index in [1.807, 2.05) is 43.3 Å². The first-order valence-electron chi connectivity index (χ1n) is 8.54. The molecule has 1 amide bonds. The molecule has 0 saturated carbocycles. The van der Waals surface area contributed by atoms with Crippen LogP contribution in [0.2, 0.25) is 0 Å². The van der Waals surface area contributed by atoms with E-state index in [0.717, 1.165) is 11.4 Å². The topological polar surface area (TPSA) is 57.3 Å². The van der Waals surface area contributed by atoms with Crippen molar-refractivity contribution in [2.75, 3.05) is 24.3 Å². The van der Waals surface area contributed by atoms with E-state index in [1.165, 1.54) is 12.3 Å². The molecule has 2 aromatic carbocycles. The highest BCUT2D eigenvalue weighted by molar-refractivity contribution is 5.94. The van der Waals surface area contributed by atoms with Gasteiger partial charge in [0.2, 0.25) is 0 Å². The molecule has 2 N–H and O–H groups in total. The minimum absolute atomic E-state index is 0.120. The van der Waals surface area contributed by atoms with Crippen molar-refractivity contribution in [2.24, 2.45) is 0 Å². The molecule has 27 heavy (non-hydrogen) atoms. The Labute approximate surface area is 157 Å². The van der Waals surface area contributed by atoms with Gasteiger partial charge in [-0.05, 0) is 36.4 Å². The summed E-state index contributed by atoms with van der Waals surface area (Å²) < 4.78 is 13.7. The molecule has 1 heterocycles. The number of halogens is 1. The summed E-state index contributed by atoms with van der Waals surface area (Å²) in [5, 5.41) is 5.94. The van der Waals surface area contributed by atoms with Gasteiger partial charge in [0.25, 0.3) is 5.91 Å². The maximum atomic E-state index is 13.7. The van der Waals surface area contributed by atoms with Crippen molar-refractivity contribution in [1.82, 2.24) is 10.3 Å². The second kappa shape index (κ2) is 8.31. The van der Waals surface area contributed by atoms with Crippen molar-refractivity contribution >= 4 is 23.0 Å². The molecule has 1 aromatic heterocycles. The molecule has 0 atom stereocenters. The number of benzene rings is 2. The molecule has 0 aliphatic rings. The van der Waals surface area contributed by atoms with Gasteiger partial charge >= 0.3 is 0 Å². The number of carbonyl (C=O) groups excluding carboxylic acids is 1. The first-order valence-corrected chi connectivity index (χ1v) is 8.54.